The first-order valence-electron chi connectivity index (χ1n) is 4.56. The maximum absolute atomic E-state index is 12.0. The zero-order valence-corrected chi connectivity index (χ0v) is 11.2. The van der Waals surface area contributed by atoms with Gasteiger partial charge in [0.05, 0.1) is 6.54 Å². The van der Waals surface area contributed by atoms with Gasteiger partial charge in [0.2, 0.25) is 0 Å². The Morgan fingerprint density at radius 3 is 3.12 bits per heavy atom. The molecule has 0 saturated carbocycles. The second-order valence-electron chi connectivity index (χ2n) is 3.01. The van der Waals surface area contributed by atoms with Gasteiger partial charge in [-0.1, -0.05) is 17.5 Å². The van der Waals surface area contributed by atoms with Gasteiger partial charge in [-0.2, -0.15) is 4.72 Å². The van der Waals surface area contributed by atoms with E-state index in [2.05, 4.69) is 21.5 Å². The SMILES string of the molecule is CC#CCNS(=O)(=O)c1c(Cl)nc2sccn12. The van der Waals surface area contributed by atoms with Gasteiger partial charge in [-0.05, 0) is 6.92 Å². The van der Waals surface area contributed by atoms with Gasteiger partial charge in [0, 0.05) is 11.6 Å². The monoisotopic (exact) mass is 289 g/mol. The highest BCUT2D eigenvalue weighted by Crippen LogP contribution is 2.24. The van der Waals surface area contributed by atoms with E-state index in [1.165, 1.54) is 15.7 Å². The van der Waals surface area contributed by atoms with Crippen LogP contribution in [0.4, 0.5) is 0 Å². The molecular weight excluding hydrogens is 282 g/mol. The Morgan fingerprint density at radius 2 is 2.41 bits per heavy atom. The predicted molar refractivity (Wildman–Crippen MR) is 66.7 cm³/mol. The molecule has 5 nitrogen and oxygen atoms in total. The number of fused-ring (bicyclic) bond motifs is 1. The molecule has 0 aliphatic heterocycles. The molecule has 2 aromatic heterocycles. The molecular formula is C9H8ClN3O2S2. The summed E-state index contributed by atoms with van der Waals surface area (Å²) in [6.07, 6.45) is 1.61. The summed E-state index contributed by atoms with van der Waals surface area (Å²) in [7, 11) is -3.69. The number of thiazole rings is 1. The van der Waals surface area contributed by atoms with Crippen molar-refractivity contribution in [2.24, 2.45) is 0 Å². The quantitative estimate of drug-likeness (QED) is 0.868. The molecule has 0 atom stereocenters. The summed E-state index contributed by atoms with van der Waals surface area (Å²) in [4.78, 5) is 4.50. The van der Waals surface area contributed by atoms with Crippen LogP contribution < -0.4 is 4.72 Å². The zero-order valence-electron chi connectivity index (χ0n) is 8.77. The lowest BCUT2D eigenvalue weighted by Gasteiger charge is -2.02. The van der Waals surface area contributed by atoms with E-state index >= 15 is 0 Å². The number of imidazole rings is 1. The molecule has 0 aliphatic rings. The van der Waals surface area contributed by atoms with Crippen molar-refractivity contribution in [1.82, 2.24) is 14.1 Å². The largest absolute Gasteiger partial charge is 0.279 e. The first-order chi connectivity index (χ1) is 8.06. The van der Waals surface area contributed by atoms with Crippen molar-refractivity contribution in [2.45, 2.75) is 11.9 Å². The summed E-state index contributed by atoms with van der Waals surface area (Å²) < 4.78 is 27.7. The number of hydrogen-bond donors (Lipinski definition) is 1. The molecule has 0 spiro atoms. The van der Waals surface area contributed by atoms with Gasteiger partial charge in [-0.15, -0.1) is 17.3 Å². The fraction of sp³-hybridized carbons (Fsp3) is 0.222. The highest BCUT2D eigenvalue weighted by Gasteiger charge is 2.24. The summed E-state index contributed by atoms with van der Waals surface area (Å²) in [5.74, 6) is 5.22. The number of hydrogen-bond acceptors (Lipinski definition) is 4. The van der Waals surface area contributed by atoms with E-state index in [0.29, 0.717) is 4.96 Å². The number of halogens is 1. The Balaban J connectivity index is 2.46. The molecule has 0 aromatic carbocycles. The molecule has 0 aliphatic carbocycles. The average molecular weight is 290 g/mol. The minimum absolute atomic E-state index is 0.0335. The third kappa shape index (κ3) is 2.30. The number of aromatic nitrogens is 2. The van der Waals surface area contributed by atoms with Gasteiger partial charge >= 0.3 is 0 Å². The molecule has 2 rings (SSSR count). The predicted octanol–water partition coefficient (Wildman–Crippen LogP) is 1.35. The topological polar surface area (TPSA) is 63.5 Å². The summed E-state index contributed by atoms with van der Waals surface area (Å²) in [5.41, 5.74) is 0. The maximum atomic E-state index is 12.0. The van der Waals surface area contributed by atoms with Crippen molar-refractivity contribution in [3.05, 3.63) is 16.7 Å². The Hall–Kier alpha value is -1.07. The number of nitrogens with zero attached hydrogens (tertiary/aromatic N) is 2. The first-order valence-corrected chi connectivity index (χ1v) is 7.30. The fourth-order valence-electron chi connectivity index (χ4n) is 1.27. The van der Waals surface area contributed by atoms with E-state index in [-0.39, 0.29) is 16.7 Å². The first kappa shape index (κ1) is 12.4. The molecule has 17 heavy (non-hydrogen) atoms. The van der Waals surface area contributed by atoms with Gasteiger partial charge in [0.1, 0.15) is 0 Å². The van der Waals surface area contributed by atoms with Crippen molar-refractivity contribution >= 4 is 37.9 Å². The highest BCUT2D eigenvalue weighted by molar-refractivity contribution is 7.89. The minimum atomic E-state index is -3.69. The van der Waals surface area contributed by atoms with Crippen molar-refractivity contribution in [2.75, 3.05) is 6.54 Å². The van der Waals surface area contributed by atoms with E-state index in [0.717, 1.165) is 0 Å². The Morgan fingerprint density at radius 1 is 1.65 bits per heavy atom. The fourth-order valence-corrected chi connectivity index (χ4v) is 3.64. The standard InChI is InChI=1S/C9H8ClN3O2S2/c1-2-3-4-11-17(14,15)8-7(10)12-9-13(8)5-6-16-9/h5-6,11H,4H2,1H3. The highest BCUT2D eigenvalue weighted by atomic mass is 35.5. The lowest BCUT2D eigenvalue weighted by atomic mass is 10.6. The third-order valence-corrected chi connectivity index (χ3v) is 4.52. The van der Waals surface area contributed by atoms with E-state index < -0.39 is 10.0 Å². The van der Waals surface area contributed by atoms with Gasteiger partial charge < -0.3 is 0 Å². The summed E-state index contributed by atoms with van der Waals surface area (Å²) in [5, 5.41) is 1.66. The van der Waals surface area contributed by atoms with Crippen molar-refractivity contribution < 1.29 is 8.42 Å². The molecule has 0 fully saturated rings. The lowest BCUT2D eigenvalue weighted by Crippen LogP contribution is -2.25. The van der Waals surface area contributed by atoms with Crippen LogP contribution in [0.2, 0.25) is 5.15 Å². The molecule has 0 bridgehead atoms. The molecule has 1 N–H and O–H groups in total. The molecule has 2 aromatic rings. The van der Waals surface area contributed by atoms with Gasteiger partial charge in [-0.25, -0.2) is 13.4 Å². The Kier molecular flexibility index (Phi) is 3.40. The summed E-state index contributed by atoms with van der Waals surface area (Å²) >= 11 is 7.14. The molecule has 0 unspecified atom stereocenters. The van der Waals surface area contributed by atoms with Crippen molar-refractivity contribution in [3.63, 3.8) is 0 Å². The molecule has 90 valence electrons. The molecule has 2 heterocycles. The molecule has 8 heteroatoms. The van der Waals surface area contributed by atoms with Gasteiger partial charge in [0.15, 0.2) is 15.1 Å². The van der Waals surface area contributed by atoms with Gasteiger partial charge in [0.25, 0.3) is 10.0 Å². The molecule has 0 radical (unpaired) electrons. The number of nitrogens with one attached hydrogen (secondary N) is 1. The van der Waals surface area contributed by atoms with Crippen molar-refractivity contribution in [3.8, 4) is 11.8 Å². The average Bonchev–Trinajstić information content (AvgIpc) is 2.76. The van der Waals surface area contributed by atoms with Crippen LogP contribution in [0, 0.1) is 11.8 Å². The van der Waals surface area contributed by atoms with Crippen LogP contribution in [0.15, 0.2) is 16.6 Å². The van der Waals surface area contributed by atoms with Crippen LogP contribution in [0.3, 0.4) is 0 Å². The lowest BCUT2D eigenvalue weighted by molar-refractivity contribution is 0.581. The van der Waals surface area contributed by atoms with Crippen LogP contribution in [-0.4, -0.2) is 24.3 Å². The molecule has 0 saturated heterocycles. The number of sulfonamides is 1. The van der Waals surface area contributed by atoms with Gasteiger partial charge in [-0.3, -0.25) is 4.40 Å². The second kappa shape index (κ2) is 4.66. The van der Waals surface area contributed by atoms with E-state index in [1.54, 1.807) is 18.5 Å². The Labute approximate surface area is 107 Å². The van der Waals surface area contributed by atoms with Crippen LogP contribution in [0.5, 0.6) is 0 Å². The summed E-state index contributed by atoms with van der Waals surface area (Å²) in [6, 6.07) is 0. The number of rotatable bonds is 3. The second-order valence-corrected chi connectivity index (χ2v) is 5.93. The van der Waals surface area contributed by atoms with E-state index in [1.807, 2.05) is 0 Å². The summed E-state index contributed by atoms with van der Waals surface area (Å²) in [6.45, 7) is 1.68. The van der Waals surface area contributed by atoms with Crippen molar-refractivity contribution in [1.29, 1.82) is 0 Å². The van der Waals surface area contributed by atoms with Crippen LogP contribution in [-0.2, 0) is 10.0 Å². The minimum Gasteiger partial charge on any atom is -0.279 e. The van der Waals surface area contributed by atoms with E-state index in [9.17, 15) is 8.42 Å². The molecule has 0 amide bonds. The normalized spacial score (nSPS) is 11.4. The van der Waals surface area contributed by atoms with Crippen LogP contribution >= 0.6 is 22.9 Å². The Bertz CT molecular complexity index is 705. The third-order valence-electron chi connectivity index (χ3n) is 1.96. The maximum Gasteiger partial charge on any atom is 0.260 e. The smallest absolute Gasteiger partial charge is 0.260 e. The van der Waals surface area contributed by atoms with Crippen LogP contribution in [0.25, 0.3) is 4.96 Å². The zero-order chi connectivity index (χ0) is 12.5. The van der Waals surface area contributed by atoms with Crippen LogP contribution in [0.1, 0.15) is 6.92 Å². The van der Waals surface area contributed by atoms with E-state index in [4.69, 9.17) is 11.6 Å².